The molecule has 0 N–H and O–H groups in total. The third kappa shape index (κ3) is 3.20. The summed E-state index contributed by atoms with van der Waals surface area (Å²) < 4.78 is 6.51. The quantitative estimate of drug-likeness (QED) is 0.414. The second-order valence-corrected chi connectivity index (χ2v) is 12.0. The maximum atomic E-state index is 12.9. The Kier molecular flexibility index (Phi) is 5.44. The minimum absolute atomic E-state index is 0.00159. The second-order valence-electron chi connectivity index (χ2n) is 7.31. The molecule has 0 aromatic heterocycles. The van der Waals surface area contributed by atoms with E-state index < -0.39 is 14.4 Å². The standard InChI is InChI=1S/C20H29NO3Si/c1-4-25(5-2,6-3)24-18-17(15-11-8-7-9-12-15)21(20(18)23)19(22)16-13-10-14-16/h7-9,11-12,16-18H,4-6,10,13-14H2,1-3H3/t17-,18+/m0/s1. The molecular formula is C20H29NO3Si. The van der Waals surface area contributed by atoms with Gasteiger partial charge in [-0.15, -0.1) is 0 Å². The lowest BCUT2D eigenvalue weighted by Gasteiger charge is -2.50. The number of likely N-dealkylation sites (tertiary alicyclic amines) is 1. The second kappa shape index (κ2) is 7.42. The molecule has 1 aliphatic carbocycles. The summed E-state index contributed by atoms with van der Waals surface area (Å²) in [4.78, 5) is 27.1. The number of carbonyl (C=O) groups is 2. The fourth-order valence-electron chi connectivity index (χ4n) is 3.92. The van der Waals surface area contributed by atoms with E-state index >= 15 is 0 Å². The van der Waals surface area contributed by atoms with Crippen molar-refractivity contribution in [3.8, 4) is 0 Å². The molecule has 0 unspecified atom stereocenters. The Morgan fingerprint density at radius 2 is 1.72 bits per heavy atom. The van der Waals surface area contributed by atoms with Crippen molar-refractivity contribution < 1.29 is 14.0 Å². The molecule has 1 aromatic carbocycles. The first-order valence-corrected chi connectivity index (χ1v) is 12.2. The van der Waals surface area contributed by atoms with Gasteiger partial charge in [0, 0.05) is 5.92 Å². The minimum atomic E-state index is -1.91. The normalized spacial score (nSPS) is 24.0. The van der Waals surface area contributed by atoms with Crippen molar-refractivity contribution in [1.29, 1.82) is 0 Å². The molecule has 5 heteroatoms. The molecule has 1 saturated carbocycles. The first-order valence-electron chi connectivity index (χ1n) is 9.66. The fraction of sp³-hybridized carbons (Fsp3) is 0.600. The Balaban J connectivity index is 1.87. The minimum Gasteiger partial charge on any atom is -0.403 e. The van der Waals surface area contributed by atoms with Crippen LogP contribution in [0.5, 0.6) is 0 Å². The third-order valence-corrected chi connectivity index (χ3v) is 10.8. The summed E-state index contributed by atoms with van der Waals surface area (Å²) in [6, 6.07) is 12.6. The van der Waals surface area contributed by atoms with Gasteiger partial charge in [0.2, 0.25) is 5.91 Å². The number of rotatable bonds is 7. The van der Waals surface area contributed by atoms with Gasteiger partial charge in [0.25, 0.3) is 5.91 Å². The van der Waals surface area contributed by atoms with Gasteiger partial charge in [-0.1, -0.05) is 57.5 Å². The van der Waals surface area contributed by atoms with E-state index in [9.17, 15) is 9.59 Å². The van der Waals surface area contributed by atoms with Crippen molar-refractivity contribution in [3.05, 3.63) is 35.9 Å². The van der Waals surface area contributed by atoms with E-state index in [0.717, 1.165) is 43.0 Å². The summed E-state index contributed by atoms with van der Waals surface area (Å²) in [5.41, 5.74) is 1.01. The Bertz CT molecular complexity index is 617. The van der Waals surface area contributed by atoms with Gasteiger partial charge in [-0.2, -0.15) is 0 Å². The van der Waals surface area contributed by atoms with Crippen molar-refractivity contribution in [2.24, 2.45) is 5.92 Å². The van der Waals surface area contributed by atoms with Crippen LogP contribution in [0.3, 0.4) is 0 Å². The van der Waals surface area contributed by atoms with Gasteiger partial charge in [0.15, 0.2) is 14.4 Å². The number of hydrogen-bond acceptors (Lipinski definition) is 3. The van der Waals surface area contributed by atoms with Crippen LogP contribution in [0.1, 0.15) is 51.6 Å². The molecule has 0 radical (unpaired) electrons. The molecule has 2 fully saturated rings. The maximum Gasteiger partial charge on any atom is 0.260 e. The molecule has 2 atom stereocenters. The van der Waals surface area contributed by atoms with E-state index in [1.165, 1.54) is 4.90 Å². The zero-order valence-electron chi connectivity index (χ0n) is 15.5. The smallest absolute Gasteiger partial charge is 0.260 e. The largest absolute Gasteiger partial charge is 0.403 e. The predicted molar refractivity (Wildman–Crippen MR) is 100 cm³/mol. The lowest BCUT2D eigenvalue weighted by atomic mass is 9.81. The molecule has 1 aromatic rings. The lowest BCUT2D eigenvalue weighted by Crippen LogP contribution is -2.65. The molecule has 3 rings (SSSR count). The van der Waals surface area contributed by atoms with Crippen LogP contribution in [-0.4, -0.2) is 31.1 Å². The monoisotopic (exact) mass is 359 g/mol. The number of benzene rings is 1. The number of imide groups is 1. The Hall–Kier alpha value is -1.46. The highest BCUT2D eigenvalue weighted by atomic mass is 28.4. The van der Waals surface area contributed by atoms with Crippen molar-refractivity contribution in [3.63, 3.8) is 0 Å². The molecule has 1 heterocycles. The highest BCUT2D eigenvalue weighted by Gasteiger charge is 2.55. The zero-order valence-corrected chi connectivity index (χ0v) is 16.5. The lowest BCUT2D eigenvalue weighted by molar-refractivity contribution is -0.176. The summed E-state index contributed by atoms with van der Waals surface area (Å²) in [6.07, 6.45) is 2.42. The number of β-lactam (4-membered cyclic amide) rings is 1. The van der Waals surface area contributed by atoms with Crippen LogP contribution in [0.2, 0.25) is 18.1 Å². The summed E-state index contributed by atoms with van der Waals surface area (Å²) in [6.45, 7) is 6.49. The van der Waals surface area contributed by atoms with Gasteiger partial charge >= 0.3 is 0 Å². The first-order chi connectivity index (χ1) is 12.1. The van der Waals surface area contributed by atoms with E-state index in [0.29, 0.717) is 0 Å². The van der Waals surface area contributed by atoms with Crippen LogP contribution >= 0.6 is 0 Å². The topological polar surface area (TPSA) is 46.6 Å². The molecule has 136 valence electrons. The van der Waals surface area contributed by atoms with Gasteiger partial charge in [0.05, 0.1) is 6.04 Å². The van der Waals surface area contributed by atoms with Crippen LogP contribution in [-0.2, 0) is 14.0 Å². The highest BCUT2D eigenvalue weighted by Crippen LogP contribution is 2.43. The summed E-state index contributed by atoms with van der Waals surface area (Å²) in [7, 11) is -1.91. The summed E-state index contributed by atoms with van der Waals surface area (Å²) in [5.74, 6) is -0.0960. The molecule has 25 heavy (non-hydrogen) atoms. The molecule has 1 saturated heterocycles. The van der Waals surface area contributed by atoms with Gasteiger partial charge in [-0.25, -0.2) is 0 Å². The molecule has 0 bridgehead atoms. The van der Waals surface area contributed by atoms with E-state index in [1.54, 1.807) is 0 Å². The van der Waals surface area contributed by atoms with Crippen LogP contribution < -0.4 is 0 Å². The van der Waals surface area contributed by atoms with Crippen molar-refractivity contribution in [2.45, 2.75) is 70.3 Å². The van der Waals surface area contributed by atoms with Crippen molar-refractivity contribution in [2.75, 3.05) is 0 Å². The predicted octanol–water partition coefficient (Wildman–Crippen LogP) is 4.29. The van der Waals surface area contributed by atoms with E-state index in [1.807, 2.05) is 30.3 Å². The average molecular weight is 360 g/mol. The van der Waals surface area contributed by atoms with Crippen LogP contribution in [0, 0.1) is 5.92 Å². The molecule has 2 aliphatic rings. The molecule has 1 aliphatic heterocycles. The van der Waals surface area contributed by atoms with Crippen LogP contribution in [0.15, 0.2) is 30.3 Å². The maximum absolute atomic E-state index is 12.9. The number of hydrogen-bond donors (Lipinski definition) is 0. The molecular weight excluding hydrogens is 330 g/mol. The van der Waals surface area contributed by atoms with Gasteiger partial charge in [-0.3, -0.25) is 14.5 Å². The molecule has 4 nitrogen and oxygen atoms in total. The van der Waals surface area contributed by atoms with Crippen LogP contribution in [0.4, 0.5) is 0 Å². The number of amides is 2. The van der Waals surface area contributed by atoms with Crippen molar-refractivity contribution >= 4 is 20.1 Å². The molecule has 2 amide bonds. The van der Waals surface area contributed by atoms with E-state index in [4.69, 9.17) is 4.43 Å². The van der Waals surface area contributed by atoms with Crippen molar-refractivity contribution in [1.82, 2.24) is 4.90 Å². The van der Waals surface area contributed by atoms with Gasteiger partial charge in [-0.05, 0) is 36.5 Å². The highest BCUT2D eigenvalue weighted by molar-refractivity contribution is 6.73. The van der Waals surface area contributed by atoms with Gasteiger partial charge in [0.1, 0.15) is 0 Å². The number of carbonyl (C=O) groups excluding carboxylic acids is 2. The van der Waals surface area contributed by atoms with Crippen LogP contribution in [0.25, 0.3) is 0 Å². The SMILES string of the molecule is CC[Si](CC)(CC)O[C@H]1C(=O)N(C(=O)C2CCC2)[C@H]1c1ccccc1. The Labute approximate surface area is 151 Å². The van der Waals surface area contributed by atoms with E-state index in [2.05, 4.69) is 20.8 Å². The zero-order chi connectivity index (χ0) is 18.0. The summed E-state index contributed by atoms with van der Waals surface area (Å²) >= 11 is 0. The number of nitrogens with zero attached hydrogens (tertiary/aromatic N) is 1. The fourth-order valence-corrected chi connectivity index (χ4v) is 6.69. The first kappa shape index (κ1) is 18.3. The molecule has 0 spiro atoms. The van der Waals surface area contributed by atoms with Gasteiger partial charge < -0.3 is 4.43 Å². The third-order valence-electron chi connectivity index (χ3n) is 6.19. The Morgan fingerprint density at radius 3 is 2.20 bits per heavy atom. The Morgan fingerprint density at radius 1 is 1.12 bits per heavy atom. The summed E-state index contributed by atoms with van der Waals surface area (Å²) in [5, 5.41) is 0. The average Bonchev–Trinajstić information content (AvgIpc) is 2.60. The van der Waals surface area contributed by atoms with E-state index in [-0.39, 0.29) is 23.8 Å².